The first-order valence-corrected chi connectivity index (χ1v) is 7.78. The highest BCUT2D eigenvalue weighted by Gasteiger charge is 2.37. The molecule has 1 aromatic rings. The van der Waals surface area contributed by atoms with E-state index in [4.69, 9.17) is 10.5 Å². The van der Waals surface area contributed by atoms with Gasteiger partial charge in [-0.05, 0) is 24.0 Å². The van der Waals surface area contributed by atoms with Gasteiger partial charge >= 0.3 is 5.97 Å². The number of ether oxygens (including phenoxy) is 1. The molecule has 6 nitrogen and oxygen atoms in total. The Morgan fingerprint density at radius 2 is 2.09 bits per heavy atom. The molecule has 1 aliphatic heterocycles. The minimum Gasteiger partial charge on any atom is -0.455 e. The number of nitrogens with two attached hydrogens (primary N) is 1. The summed E-state index contributed by atoms with van der Waals surface area (Å²) in [5.41, 5.74) is 6.90. The Balaban J connectivity index is 2.15. The molecule has 0 radical (unpaired) electrons. The van der Waals surface area contributed by atoms with Crippen molar-refractivity contribution >= 4 is 23.5 Å². The van der Waals surface area contributed by atoms with E-state index in [0.717, 1.165) is 17.7 Å². The zero-order valence-electron chi connectivity index (χ0n) is 13.5. The number of carbonyl (C=O) groups excluding carboxylic acids is 3. The third-order valence-corrected chi connectivity index (χ3v) is 4.19. The number of esters is 1. The van der Waals surface area contributed by atoms with Crippen LogP contribution in [0.15, 0.2) is 24.3 Å². The maximum Gasteiger partial charge on any atom is 0.311 e. The van der Waals surface area contributed by atoms with Crippen LogP contribution >= 0.6 is 0 Å². The lowest BCUT2D eigenvalue weighted by Gasteiger charge is -2.23. The zero-order valence-corrected chi connectivity index (χ0v) is 13.5. The zero-order chi connectivity index (χ0) is 17.0. The molecule has 2 rings (SSSR count). The topological polar surface area (TPSA) is 89.7 Å². The Morgan fingerprint density at radius 1 is 1.39 bits per heavy atom. The number of nitrogens with zero attached hydrogens (tertiary/aromatic N) is 1. The van der Waals surface area contributed by atoms with Gasteiger partial charge in [0.05, 0.1) is 5.92 Å². The first-order chi connectivity index (χ1) is 10.9. The van der Waals surface area contributed by atoms with E-state index in [2.05, 4.69) is 13.8 Å². The second-order valence-corrected chi connectivity index (χ2v) is 5.85. The van der Waals surface area contributed by atoms with Crippen LogP contribution in [0.5, 0.6) is 0 Å². The number of hydrogen-bond donors (Lipinski definition) is 1. The smallest absolute Gasteiger partial charge is 0.311 e. The fourth-order valence-electron chi connectivity index (χ4n) is 2.73. The number of benzene rings is 1. The molecule has 0 unspecified atom stereocenters. The van der Waals surface area contributed by atoms with Crippen molar-refractivity contribution in [3.63, 3.8) is 0 Å². The maximum atomic E-state index is 12.3. The molecule has 1 fully saturated rings. The predicted octanol–water partition coefficient (Wildman–Crippen LogP) is 1.58. The fourth-order valence-corrected chi connectivity index (χ4v) is 2.73. The lowest BCUT2D eigenvalue weighted by molar-refractivity contribution is -0.151. The van der Waals surface area contributed by atoms with Crippen molar-refractivity contribution in [3.05, 3.63) is 29.8 Å². The summed E-state index contributed by atoms with van der Waals surface area (Å²) in [5, 5.41) is 0. The van der Waals surface area contributed by atoms with Crippen LogP contribution in [-0.4, -0.2) is 30.9 Å². The molecule has 2 N–H and O–H groups in total. The van der Waals surface area contributed by atoms with E-state index in [1.54, 1.807) is 4.90 Å². The van der Waals surface area contributed by atoms with Crippen LogP contribution in [0, 0.1) is 5.92 Å². The Labute approximate surface area is 135 Å². The van der Waals surface area contributed by atoms with Crippen molar-refractivity contribution in [2.45, 2.75) is 32.6 Å². The molecule has 1 heterocycles. The van der Waals surface area contributed by atoms with Crippen molar-refractivity contribution in [1.29, 1.82) is 0 Å². The van der Waals surface area contributed by atoms with Gasteiger partial charge in [0.2, 0.25) is 5.91 Å². The average Bonchev–Trinajstić information content (AvgIpc) is 2.93. The molecule has 0 aliphatic carbocycles. The van der Waals surface area contributed by atoms with E-state index < -0.39 is 24.4 Å². The van der Waals surface area contributed by atoms with Crippen LogP contribution in [0.3, 0.4) is 0 Å². The number of rotatable bonds is 6. The van der Waals surface area contributed by atoms with E-state index in [-0.39, 0.29) is 18.9 Å². The molecule has 0 bridgehead atoms. The predicted molar refractivity (Wildman–Crippen MR) is 85.8 cm³/mol. The van der Waals surface area contributed by atoms with Crippen LogP contribution in [-0.2, 0) is 19.1 Å². The van der Waals surface area contributed by atoms with Crippen molar-refractivity contribution in [2.24, 2.45) is 11.7 Å². The number of carbonyl (C=O) groups is 3. The second-order valence-electron chi connectivity index (χ2n) is 5.85. The van der Waals surface area contributed by atoms with E-state index in [0.29, 0.717) is 5.92 Å². The van der Waals surface area contributed by atoms with Crippen LogP contribution < -0.4 is 10.6 Å². The second kappa shape index (κ2) is 7.26. The van der Waals surface area contributed by atoms with Gasteiger partial charge in [-0.25, -0.2) is 0 Å². The van der Waals surface area contributed by atoms with Crippen LogP contribution in [0.1, 0.15) is 38.2 Å². The van der Waals surface area contributed by atoms with Gasteiger partial charge in [0.1, 0.15) is 0 Å². The van der Waals surface area contributed by atoms with Gasteiger partial charge in [-0.2, -0.15) is 0 Å². The molecule has 1 aliphatic rings. The van der Waals surface area contributed by atoms with Gasteiger partial charge in [-0.3, -0.25) is 14.4 Å². The van der Waals surface area contributed by atoms with Gasteiger partial charge in [0.25, 0.3) is 5.91 Å². The highest BCUT2D eigenvalue weighted by molar-refractivity contribution is 6.00. The standard InChI is InChI=1S/C17H22N2O4/c1-3-11(2)13-6-4-5-7-14(13)19-9-12(8-16(19)21)17(22)23-10-15(18)20/h4-7,11-12H,3,8-10H2,1-2H3,(H2,18,20)/t11-,12-/m0/s1. The number of amides is 2. The maximum absolute atomic E-state index is 12.3. The summed E-state index contributed by atoms with van der Waals surface area (Å²) in [5.74, 6) is -1.62. The Kier molecular flexibility index (Phi) is 5.36. The summed E-state index contributed by atoms with van der Waals surface area (Å²) in [6.07, 6.45) is 1.05. The molecule has 124 valence electrons. The molecular formula is C17H22N2O4. The molecule has 23 heavy (non-hydrogen) atoms. The Hall–Kier alpha value is -2.37. The van der Waals surface area contributed by atoms with Gasteiger partial charge < -0.3 is 15.4 Å². The molecule has 1 aromatic carbocycles. The lowest BCUT2D eigenvalue weighted by Crippen LogP contribution is -2.29. The molecule has 6 heteroatoms. The molecule has 2 atom stereocenters. The average molecular weight is 318 g/mol. The van der Waals surface area contributed by atoms with Crippen molar-refractivity contribution in [3.8, 4) is 0 Å². The summed E-state index contributed by atoms with van der Waals surface area (Å²) in [7, 11) is 0. The number of para-hydroxylation sites is 1. The Bertz CT molecular complexity index is 614. The number of primary amides is 1. The summed E-state index contributed by atoms with van der Waals surface area (Å²) >= 11 is 0. The van der Waals surface area contributed by atoms with Crippen molar-refractivity contribution in [1.82, 2.24) is 0 Å². The van der Waals surface area contributed by atoms with Gasteiger partial charge in [-0.1, -0.05) is 32.0 Å². The number of anilines is 1. The summed E-state index contributed by atoms with van der Waals surface area (Å²) in [6, 6.07) is 7.74. The first-order valence-electron chi connectivity index (χ1n) is 7.78. The molecule has 0 spiro atoms. The third kappa shape index (κ3) is 3.88. The van der Waals surface area contributed by atoms with Gasteiger partial charge in [0, 0.05) is 18.7 Å². The molecule has 0 saturated carbocycles. The minimum atomic E-state index is -0.707. The number of hydrogen-bond acceptors (Lipinski definition) is 4. The van der Waals surface area contributed by atoms with E-state index in [9.17, 15) is 14.4 Å². The highest BCUT2D eigenvalue weighted by atomic mass is 16.5. The van der Waals surface area contributed by atoms with Crippen LogP contribution in [0.25, 0.3) is 0 Å². The third-order valence-electron chi connectivity index (χ3n) is 4.19. The molecule has 0 aromatic heterocycles. The van der Waals surface area contributed by atoms with Gasteiger partial charge in [0.15, 0.2) is 6.61 Å². The lowest BCUT2D eigenvalue weighted by atomic mass is 9.96. The van der Waals surface area contributed by atoms with E-state index >= 15 is 0 Å². The molecule has 1 saturated heterocycles. The quantitative estimate of drug-likeness (QED) is 0.806. The first kappa shape index (κ1) is 17.0. The molecule has 2 amide bonds. The highest BCUT2D eigenvalue weighted by Crippen LogP contribution is 2.33. The Morgan fingerprint density at radius 3 is 2.74 bits per heavy atom. The van der Waals surface area contributed by atoms with E-state index in [1.165, 1.54) is 0 Å². The summed E-state index contributed by atoms with van der Waals surface area (Å²) in [6.45, 7) is 4.02. The van der Waals surface area contributed by atoms with Gasteiger partial charge in [-0.15, -0.1) is 0 Å². The van der Waals surface area contributed by atoms with E-state index in [1.807, 2.05) is 24.3 Å². The van der Waals surface area contributed by atoms with Crippen molar-refractivity contribution < 1.29 is 19.1 Å². The monoisotopic (exact) mass is 318 g/mol. The molecular weight excluding hydrogens is 296 g/mol. The van der Waals surface area contributed by atoms with Crippen LogP contribution in [0.4, 0.5) is 5.69 Å². The van der Waals surface area contributed by atoms with Crippen LogP contribution in [0.2, 0.25) is 0 Å². The summed E-state index contributed by atoms with van der Waals surface area (Å²) < 4.78 is 4.83. The largest absolute Gasteiger partial charge is 0.455 e. The van der Waals surface area contributed by atoms with Crippen molar-refractivity contribution in [2.75, 3.05) is 18.1 Å². The normalized spacial score (nSPS) is 18.8. The summed E-state index contributed by atoms with van der Waals surface area (Å²) in [4.78, 5) is 36.6. The SMILES string of the molecule is CC[C@H](C)c1ccccc1N1C[C@@H](C(=O)OCC(N)=O)CC1=O. The minimum absolute atomic E-state index is 0.0897. The fraction of sp³-hybridized carbons (Fsp3) is 0.471.